The van der Waals surface area contributed by atoms with Crippen molar-refractivity contribution in [2.24, 2.45) is 7.05 Å². The second-order valence-corrected chi connectivity index (χ2v) is 5.04. The average molecular weight is 318 g/mol. The lowest BCUT2D eigenvalue weighted by molar-refractivity contribution is -0.139. The first-order chi connectivity index (χ1) is 8.51. The van der Waals surface area contributed by atoms with E-state index in [2.05, 4.69) is 26.3 Å². The number of carboxylic acids is 1. The van der Waals surface area contributed by atoms with E-state index >= 15 is 0 Å². The Morgan fingerprint density at radius 1 is 1.56 bits per heavy atom. The van der Waals surface area contributed by atoms with Gasteiger partial charge in [0.1, 0.15) is 6.04 Å². The van der Waals surface area contributed by atoms with E-state index in [1.165, 1.54) is 0 Å². The Morgan fingerprint density at radius 3 is 2.67 bits per heavy atom. The van der Waals surface area contributed by atoms with Crippen LogP contribution in [0.3, 0.4) is 0 Å². The second-order valence-electron chi connectivity index (χ2n) is 4.24. The Balaban J connectivity index is 2.73. The molecule has 1 aromatic heterocycles. The molecule has 1 rings (SSSR count). The number of aliphatic carboxylic acids is 1. The Labute approximate surface area is 116 Å². The molecule has 0 amide bonds. The summed E-state index contributed by atoms with van der Waals surface area (Å²) in [5.74, 6) is -0.800. The van der Waals surface area contributed by atoms with E-state index in [4.69, 9.17) is 5.11 Å². The van der Waals surface area contributed by atoms with Crippen LogP contribution in [0.4, 0.5) is 0 Å². The number of hydrogen-bond donors (Lipinski definition) is 2. The Morgan fingerprint density at radius 2 is 2.22 bits per heavy atom. The summed E-state index contributed by atoms with van der Waals surface area (Å²) in [5.41, 5.74) is 1.98. The predicted octanol–water partition coefficient (Wildman–Crippen LogP) is 2.09. The predicted molar refractivity (Wildman–Crippen MR) is 73.5 cm³/mol. The van der Waals surface area contributed by atoms with Gasteiger partial charge in [-0.05, 0) is 28.8 Å². The summed E-state index contributed by atoms with van der Waals surface area (Å²) in [6, 6.07) is -0.498. The van der Waals surface area contributed by atoms with Crippen LogP contribution in [-0.4, -0.2) is 26.9 Å². The van der Waals surface area contributed by atoms with Crippen molar-refractivity contribution in [3.05, 3.63) is 15.9 Å². The smallest absolute Gasteiger partial charge is 0.320 e. The number of aryl methyl sites for hydroxylation is 2. The lowest BCUT2D eigenvalue weighted by Gasteiger charge is -2.13. The Bertz CT molecular complexity index is 418. The number of rotatable bonds is 7. The lowest BCUT2D eigenvalue weighted by Crippen LogP contribution is -2.36. The van der Waals surface area contributed by atoms with Gasteiger partial charge in [0.2, 0.25) is 0 Å². The molecule has 0 saturated heterocycles. The van der Waals surface area contributed by atoms with Crippen molar-refractivity contribution >= 4 is 21.9 Å². The maximum absolute atomic E-state index is 11.0. The van der Waals surface area contributed by atoms with Crippen molar-refractivity contribution in [1.29, 1.82) is 0 Å². The summed E-state index contributed by atoms with van der Waals surface area (Å²) in [6.07, 6.45) is 2.33. The van der Waals surface area contributed by atoms with Crippen LogP contribution in [0.5, 0.6) is 0 Å². The molecule has 1 unspecified atom stereocenters. The third kappa shape index (κ3) is 3.55. The quantitative estimate of drug-likeness (QED) is 0.808. The van der Waals surface area contributed by atoms with E-state index in [1.54, 1.807) is 4.68 Å². The summed E-state index contributed by atoms with van der Waals surface area (Å²) in [5, 5.41) is 16.5. The summed E-state index contributed by atoms with van der Waals surface area (Å²) < 4.78 is 2.77. The first-order valence-corrected chi connectivity index (χ1v) is 6.96. The van der Waals surface area contributed by atoms with Crippen LogP contribution in [0.15, 0.2) is 4.47 Å². The monoisotopic (exact) mass is 317 g/mol. The van der Waals surface area contributed by atoms with Crippen LogP contribution in [0, 0.1) is 0 Å². The van der Waals surface area contributed by atoms with Crippen molar-refractivity contribution in [2.75, 3.05) is 0 Å². The highest BCUT2D eigenvalue weighted by molar-refractivity contribution is 9.10. The SMILES string of the molecule is CCCC(NCc1c(Br)c(CC)nn1C)C(=O)O. The molecule has 0 aliphatic rings. The van der Waals surface area contributed by atoms with Crippen LogP contribution in [0.1, 0.15) is 38.1 Å². The fourth-order valence-corrected chi connectivity index (χ4v) is 2.59. The van der Waals surface area contributed by atoms with Gasteiger partial charge in [0.25, 0.3) is 0 Å². The molecule has 0 aliphatic heterocycles. The molecule has 5 nitrogen and oxygen atoms in total. The fraction of sp³-hybridized carbons (Fsp3) is 0.667. The van der Waals surface area contributed by atoms with Crippen LogP contribution in [0.2, 0.25) is 0 Å². The molecule has 0 radical (unpaired) electrons. The molecule has 2 N–H and O–H groups in total. The molecule has 102 valence electrons. The molecule has 0 aliphatic carbocycles. The number of hydrogen-bond acceptors (Lipinski definition) is 3. The summed E-state index contributed by atoms with van der Waals surface area (Å²) in [7, 11) is 1.87. The van der Waals surface area contributed by atoms with Crippen molar-refractivity contribution < 1.29 is 9.90 Å². The largest absolute Gasteiger partial charge is 0.480 e. The van der Waals surface area contributed by atoms with Crippen LogP contribution in [-0.2, 0) is 24.8 Å². The number of halogens is 1. The normalized spacial score (nSPS) is 12.7. The molecule has 18 heavy (non-hydrogen) atoms. The number of nitrogens with zero attached hydrogens (tertiary/aromatic N) is 2. The standard InChI is InChI=1S/C12H20BrN3O2/c1-4-6-9(12(17)18)14-7-10-11(13)8(5-2)15-16(10)3/h9,14H,4-7H2,1-3H3,(H,17,18). The minimum atomic E-state index is -0.800. The highest BCUT2D eigenvalue weighted by atomic mass is 79.9. The van der Waals surface area contributed by atoms with E-state index in [0.717, 1.165) is 28.7 Å². The first kappa shape index (κ1) is 15.2. The van der Waals surface area contributed by atoms with Gasteiger partial charge in [0.15, 0.2) is 0 Å². The second kappa shape index (κ2) is 6.89. The van der Waals surface area contributed by atoms with Gasteiger partial charge in [-0.1, -0.05) is 20.3 Å². The van der Waals surface area contributed by atoms with Crippen LogP contribution >= 0.6 is 15.9 Å². The molecule has 1 heterocycles. The molecule has 1 aromatic rings. The third-order valence-corrected chi connectivity index (χ3v) is 3.81. The zero-order valence-corrected chi connectivity index (χ0v) is 12.6. The molecule has 1 atom stereocenters. The van der Waals surface area contributed by atoms with Gasteiger partial charge in [-0.25, -0.2) is 0 Å². The van der Waals surface area contributed by atoms with E-state index in [1.807, 2.05) is 20.9 Å². The first-order valence-electron chi connectivity index (χ1n) is 6.17. The maximum atomic E-state index is 11.0. The van der Waals surface area contributed by atoms with E-state index in [9.17, 15) is 4.79 Å². The fourth-order valence-electron chi connectivity index (χ4n) is 1.83. The average Bonchev–Trinajstić information content (AvgIpc) is 2.60. The van der Waals surface area contributed by atoms with E-state index < -0.39 is 12.0 Å². The number of carbonyl (C=O) groups is 1. The Kier molecular flexibility index (Phi) is 5.81. The van der Waals surface area contributed by atoms with Gasteiger partial charge in [-0.2, -0.15) is 5.10 Å². The molecule has 0 fully saturated rings. The molecule has 6 heteroatoms. The van der Waals surface area contributed by atoms with Gasteiger partial charge in [-0.15, -0.1) is 0 Å². The van der Waals surface area contributed by atoms with Gasteiger partial charge < -0.3 is 5.11 Å². The topological polar surface area (TPSA) is 67.2 Å². The molecule has 0 spiro atoms. The molecular weight excluding hydrogens is 298 g/mol. The lowest BCUT2D eigenvalue weighted by atomic mass is 10.1. The third-order valence-electron chi connectivity index (χ3n) is 2.89. The zero-order valence-electron chi connectivity index (χ0n) is 11.0. The Hall–Kier alpha value is -0.880. The summed E-state index contributed by atoms with van der Waals surface area (Å²) >= 11 is 3.52. The van der Waals surface area contributed by atoms with Crippen LogP contribution < -0.4 is 5.32 Å². The van der Waals surface area contributed by atoms with Crippen molar-refractivity contribution in [3.8, 4) is 0 Å². The number of nitrogens with one attached hydrogen (secondary N) is 1. The molecular formula is C12H20BrN3O2. The van der Waals surface area contributed by atoms with Gasteiger partial charge >= 0.3 is 5.97 Å². The van der Waals surface area contributed by atoms with Gasteiger partial charge in [0, 0.05) is 13.6 Å². The molecule has 0 bridgehead atoms. The van der Waals surface area contributed by atoms with E-state index in [-0.39, 0.29) is 0 Å². The summed E-state index contributed by atoms with van der Waals surface area (Å²) in [4.78, 5) is 11.0. The molecule has 0 saturated carbocycles. The van der Waals surface area contributed by atoms with Crippen molar-refractivity contribution in [2.45, 2.75) is 45.7 Å². The zero-order chi connectivity index (χ0) is 13.7. The van der Waals surface area contributed by atoms with Crippen molar-refractivity contribution in [3.63, 3.8) is 0 Å². The highest BCUT2D eigenvalue weighted by Gasteiger charge is 2.18. The number of aromatic nitrogens is 2. The molecule has 0 aromatic carbocycles. The minimum absolute atomic E-state index is 0.498. The maximum Gasteiger partial charge on any atom is 0.320 e. The van der Waals surface area contributed by atoms with Crippen molar-refractivity contribution in [1.82, 2.24) is 15.1 Å². The minimum Gasteiger partial charge on any atom is -0.480 e. The van der Waals surface area contributed by atoms with Crippen LogP contribution in [0.25, 0.3) is 0 Å². The van der Waals surface area contributed by atoms with E-state index in [0.29, 0.717) is 13.0 Å². The summed E-state index contributed by atoms with van der Waals surface area (Å²) in [6.45, 7) is 4.52. The number of carboxylic acid groups (broad SMARTS) is 1. The highest BCUT2D eigenvalue weighted by Crippen LogP contribution is 2.21. The van der Waals surface area contributed by atoms with Gasteiger partial charge in [-0.3, -0.25) is 14.8 Å². The van der Waals surface area contributed by atoms with Gasteiger partial charge in [0.05, 0.1) is 15.9 Å².